The van der Waals surface area contributed by atoms with Gasteiger partial charge >= 0.3 is 0 Å². The van der Waals surface area contributed by atoms with Crippen LogP contribution in [-0.2, 0) is 6.42 Å². The summed E-state index contributed by atoms with van der Waals surface area (Å²) in [5.74, 6) is -0.322. The molecule has 0 spiro atoms. The molecule has 0 fully saturated rings. The maximum atomic E-state index is 11.9. The average molecular weight is 240 g/mol. The highest BCUT2D eigenvalue weighted by Crippen LogP contribution is 2.16. The monoisotopic (exact) mass is 240 g/mol. The van der Waals surface area contributed by atoms with E-state index in [1.807, 2.05) is 20.8 Å². The number of anilines is 1. The number of hydrogen-bond donors (Lipinski definition) is 4. The zero-order valence-electron chi connectivity index (χ0n) is 10.5. The van der Waals surface area contributed by atoms with Gasteiger partial charge in [-0.15, -0.1) is 0 Å². The van der Waals surface area contributed by atoms with Gasteiger partial charge in [-0.1, -0.05) is 6.92 Å². The second-order valence-corrected chi connectivity index (χ2v) is 4.63. The van der Waals surface area contributed by atoms with Crippen molar-refractivity contribution >= 4 is 11.6 Å². The fraction of sp³-hybridized carbons (Fsp3) is 0.636. The number of aryl methyl sites for hydroxylation is 1. The second-order valence-electron chi connectivity index (χ2n) is 4.63. The topological polar surface area (TPSA) is 104 Å². The van der Waals surface area contributed by atoms with E-state index in [9.17, 15) is 4.79 Å². The Labute approximate surface area is 101 Å². The summed E-state index contributed by atoms with van der Waals surface area (Å²) < 4.78 is 0. The number of nitrogen functional groups attached to an aromatic ring is 1. The number of nitrogens with zero attached hydrogens (tertiary/aromatic N) is 1. The normalized spacial score (nSPS) is 11.5. The third-order valence-electron chi connectivity index (χ3n) is 2.64. The van der Waals surface area contributed by atoms with Gasteiger partial charge in [-0.05, 0) is 26.7 Å². The second kappa shape index (κ2) is 5.18. The van der Waals surface area contributed by atoms with Gasteiger partial charge in [0.25, 0.3) is 5.91 Å². The first-order chi connectivity index (χ1) is 7.91. The molecule has 0 radical (unpaired) electrons. The Bertz CT molecular complexity index is 398. The molecule has 96 valence electrons. The molecule has 1 aromatic rings. The van der Waals surface area contributed by atoms with Crippen LogP contribution in [0, 0.1) is 0 Å². The van der Waals surface area contributed by atoms with Gasteiger partial charge in [0.1, 0.15) is 0 Å². The lowest BCUT2D eigenvalue weighted by molar-refractivity contribution is 0.0895. The summed E-state index contributed by atoms with van der Waals surface area (Å²) in [6, 6.07) is 0. The summed E-state index contributed by atoms with van der Waals surface area (Å²) in [6.45, 7) is 5.63. The van der Waals surface area contributed by atoms with E-state index in [2.05, 4.69) is 15.5 Å². The standard InChI is InChI=1S/C11H20N4O2/c1-4-7-8(12)9(15-14-7)10(17)13-11(2,3)5-6-16/h16H,4-6,12H2,1-3H3,(H,13,17)(H,14,15). The predicted molar refractivity (Wildman–Crippen MR) is 65.6 cm³/mol. The van der Waals surface area contributed by atoms with E-state index in [4.69, 9.17) is 10.8 Å². The number of carbonyl (C=O) groups excluding carboxylic acids is 1. The molecule has 0 unspecified atom stereocenters. The molecule has 6 nitrogen and oxygen atoms in total. The molecule has 5 N–H and O–H groups in total. The molecule has 1 rings (SSSR count). The molecule has 6 heteroatoms. The summed E-state index contributed by atoms with van der Waals surface area (Å²) in [5, 5.41) is 18.3. The number of aromatic amines is 1. The number of rotatable bonds is 5. The zero-order valence-corrected chi connectivity index (χ0v) is 10.5. The summed E-state index contributed by atoms with van der Waals surface area (Å²) in [5.41, 5.74) is 6.69. The van der Waals surface area contributed by atoms with Crippen molar-refractivity contribution in [3.63, 3.8) is 0 Å². The lowest BCUT2D eigenvalue weighted by atomic mass is 10.0. The van der Waals surface area contributed by atoms with Crippen molar-refractivity contribution in [2.24, 2.45) is 0 Å². The molecule has 0 aromatic carbocycles. The van der Waals surface area contributed by atoms with Crippen LogP contribution in [0.3, 0.4) is 0 Å². The first-order valence-corrected chi connectivity index (χ1v) is 5.67. The molecule has 1 heterocycles. The van der Waals surface area contributed by atoms with Crippen LogP contribution in [0.5, 0.6) is 0 Å². The van der Waals surface area contributed by atoms with Gasteiger partial charge in [-0.3, -0.25) is 9.89 Å². The van der Waals surface area contributed by atoms with Crippen molar-refractivity contribution in [3.05, 3.63) is 11.4 Å². The number of aliphatic hydroxyl groups is 1. The number of H-pyrrole nitrogens is 1. The van der Waals surface area contributed by atoms with Crippen molar-refractivity contribution in [2.45, 2.75) is 39.2 Å². The van der Waals surface area contributed by atoms with E-state index in [-0.39, 0.29) is 18.2 Å². The molecule has 0 aliphatic carbocycles. The minimum absolute atomic E-state index is 0.0174. The highest BCUT2D eigenvalue weighted by Gasteiger charge is 2.24. The van der Waals surface area contributed by atoms with E-state index in [0.717, 1.165) is 5.69 Å². The molecule has 1 aromatic heterocycles. The fourth-order valence-corrected chi connectivity index (χ4v) is 1.54. The lowest BCUT2D eigenvalue weighted by Gasteiger charge is -2.24. The van der Waals surface area contributed by atoms with Gasteiger partial charge in [0, 0.05) is 12.1 Å². The van der Waals surface area contributed by atoms with Crippen molar-refractivity contribution in [1.29, 1.82) is 0 Å². The van der Waals surface area contributed by atoms with E-state index in [0.29, 0.717) is 18.5 Å². The van der Waals surface area contributed by atoms with Crippen LogP contribution in [-0.4, -0.2) is 33.4 Å². The Hall–Kier alpha value is -1.56. The molecule has 0 atom stereocenters. The van der Waals surface area contributed by atoms with Crippen LogP contribution in [0.25, 0.3) is 0 Å². The van der Waals surface area contributed by atoms with Crippen molar-refractivity contribution < 1.29 is 9.90 Å². The van der Waals surface area contributed by atoms with Gasteiger partial charge in [0.2, 0.25) is 0 Å². The summed E-state index contributed by atoms with van der Waals surface area (Å²) in [7, 11) is 0. The van der Waals surface area contributed by atoms with Crippen LogP contribution in [0.2, 0.25) is 0 Å². The fourth-order valence-electron chi connectivity index (χ4n) is 1.54. The molecular formula is C11H20N4O2. The van der Waals surface area contributed by atoms with Crippen LogP contribution < -0.4 is 11.1 Å². The molecule has 0 aliphatic rings. The molecule has 0 saturated heterocycles. The Morgan fingerprint density at radius 3 is 2.71 bits per heavy atom. The average Bonchev–Trinajstić information content (AvgIpc) is 2.58. The number of carbonyl (C=O) groups is 1. The Morgan fingerprint density at radius 2 is 2.24 bits per heavy atom. The van der Waals surface area contributed by atoms with Crippen LogP contribution in [0.1, 0.15) is 43.4 Å². The predicted octanol–water partition coefficient (Wildman–Crippen LogP) is 0.445. The maximum absolute atomic E-state index is 11.9. The van der Waals surface area contributed by atoms with E-state index < -0.39 is 5.54 Å². The quantitative estimate of drug-likeness (QED) is 0.599. The first-order valence-electron chi connectivity index (χ1n) is 5.67. The SMILES string of the molecule is CCc1[nH]nc(C(=O)NC(C)(C)CCO)c1N. The van der Waals surface area contributed by atoms with E-state index >= 15 is 0 Å². The van der Waals surface area contributed by atoms with Crippen LogP contribution >= 0.6 is 0 Å². The highest BCUT2D eigenvalue weighted by atomic mass is 16.3. The molecule has 0 bridgehead atoms. The molecule has 0 aliphatic heterocycles. The van der Waals surface area contributed by atoms with Crippen LogP contribution in [0.15, 0.2) is 0 Å². The number of aromatic nitrogens is 2. The Balaban J connectivity index is 2.80. The molecular weight excluding hydrogens is 220 g/mol. The van der Waals surface area contributed by atoms with Gasteiger partial charge in [0.05, 0.1) is 11.4 Å². The summed E-state index contributed by atoms with van der Waals surface area (Å²) in [6.07, 6.45) is 1.18. The third kappa shape index (κ3) is 3.20. The number of amides is 1. The van der Waals surface area contributed by atoms with Crippen molar-refractivity contribution in [1.82, 2.24) is 15.5 Å². The smallest absolute Gasteiger partial charge is 0.274 e. The van der Waals surface area contributed by atoms with Gasteiger partial charge in [-0.25, -0.2) is 0 Å². The summed E-state index contributed by atoms with van der Waals surface area (Å²) in [4.78, 5) is 11.9. The molecule has 0 saturated carbocycles. The largest absolute Gasteiger partial charge is 0.396 e. The van der Waals surface area contributed by atoms with E-state index in [1.165, 1.54) is 0 Å². The first kappa shape index (κ1) is 13.5. The van der Waals surface area contributed by atoms with Gasteiger partial charge in [-0.2, -0.15) is 5.10 Å². The van der Waals surface area contributed by atoms with Crippen molar-refractivity contribution in [2.75, 3.05) is 12.3 Å². The minimum Gasteiger partial charge on any atom is -0.396 e. The highest BCUT2D eigenvalue weighted by molar-refractivity contribution is 5.98. The summed E-state index contributed by atoms with van der Waals surface area (Å²) >= 11 is 0. The Kier molecular flexibility index (Phi) is 4.11. The molecule has 1 amide bonds. The third-order valence-corrected chi connectivity index (χ3v) is 2.64. The number of aliphatic hydroxyl groups excluding tert-OH is 1. The number of hydrogen-bond acceptors (Lipinski definition) is 4. The van der Waals surface area contributed by atoms with Gasteiger partial charge < -0.3 is 16.2 Å². The number of nitrogens with two attached hydrogens (primary N) is 1. The van der Waals surface area contributed by atoms with E-state index in [1.54, 1.807) is 0 Å². The maximum Gasteiger partial charge on any atom is 0.274 e. The Morgan fingerprint density at radius 1 is 1.59 bits per heavy atom. The van der Waals surface area contributed by atoms with Crippen LogP contribution in [0.4, 0.5) is 5.69 Å². The lowest BCUT2D eigenvalue weighted by Crippen LogP contribution is -2.44. The van der Waals surface area contributed by atoms with Crippen molar-refractivity contribution in [3.8, 4) is 0 Å². The zero-order chi connectivity index (χ0) is 13.1. The number of nitrogens with one attached hydrogen (secondary N) is 2. The minimum atomic E-state index is -0.483. The molecule has 17 heavy (non-hydrogen) atoms. The van der Waals surface area contributed by atoms with Gasteiger partial charge in [0.15, 0.2) is 5.69 Å².